The van der Waals surface area contributed by atoms with Crippen LogP contribution in [0.5, 0.6) is 0 Å². The van der Waals surface area contributed by atoms with Gasteiger partial charge in [-0.3, -0.25) is 19.4 Å². The third kappa shape index (κ3) is 5.89. The van der Waals surface area contributed by atoms with Crippen LogP contribution in [0.1, 0.15) is 35.3 Å². The van der Waals surface area contributed by atoms with E-state index in [9.17, 15) is 24.3 Å². The Morgan fingerprint density at radius 2 is 1.94 bits per heavy atom. The summed E-state index contributed by atoms with van der Waals surface area (Å²) >= 11 is 0. The van der Waals surface area contributed by atoms with Crippen LogP contribution in [0, 0.1) is 0 Å². The van der Waals surface area contributed by atoms with E-state index in [-0.39, 0.29) is 60.8 Å². The zero-order valence-corrected chi connectivity index (χ0v) is 19.9. The van der Waals surface area contributed by atoms with E-state index in [0.29, 0.717) is 24.3 Å². The molecule has 12 nitrogen and oxygen atoms in total. The number of benzene rings is 1. The van der Waals surface area contributed by atoms with E-state index < -0.39 is 23.9 Å². The van der Waals surface area contributed by atoms with Crippen molar-refractivity contribution >= 4 is 53.9 Å². The van der Waals surface area contributed by atoms with E-state index in [2.05, 4.69) is 15.3 Å². The van der Waals surface area contributed by atoms with Crippen molar-refractivity contribution in [3.05, 3.63) is 45.9 Å². The molecule has 0 radical (unpaired) electrons. The van der Waals surface area contributed by atoms with Gasteiger partial charge in [0.2, 0.25) is 18.0 Å². The Morgan fingerprint density at radius 1 is 1.26 bits per heavy atom. The van der Waals surface area contributed by atoms with Gasteiger partial charge in [-0.1, -0.05) is 0 Å². The number of fused-ring (bicyclic) bond motifs is 3. The monoisotopic (exact) mass is 526 g/mol. The van der Waals surface area contributed by atoms with Gasteiger partial charge in [-0.15, -0.1) is 12.4 Å². The zero-order chi connectivity index (χ0) is 23.7. The molecule has 2 aliphatic rings. The molecule has 0 bridgehead atoms. The summed E-state index contributed by atoms with van der Waals surface area (Å²) in [5, 5.41) is 20.3. The maximum atomic E-state index is 12.4. The molecule has 1 aromatic heterocycles. The highest BCUT2D eigenvalue weighted by atomic mass is 35.5. The highest BCUT2D eigenvalue weighted by molar-refractivity contribution is 5.97. The number of rotatable bonds is 7. The highest BCUT2D eigenvalue weighted by Gasteiger charge is 2.39. The maximum Gasteiger partial charge on any atom is 0.326 e. The fourth-order valence-corrected chi connectivity index (χ4v) is 4.10. The van der Waals surface area contributed by atoms with Crippen molar-refractivity contribution in [2.24, 2.45) is 0 Å². The quantitative estimate of drug-likeness (QED) is 0.240. The third-order valence-corrected chi connectivity index (χ3v) is 5.73. The average Bonchev–Trinajstić information content (AvgIpc) is 3.20. The van der Waals surface area contributed by atoms with Crippen molar-refractivity contribution in [1.82, 2.24) is 15.3 Å². The number of nitrogen functional groups attached to an aromatic ring is 1. The number of aromatic amines is 1. The van der Waals surface area contributed by atoms with E-state index in [1.165, 1.54) is 0 Å². The van der Waals surface area contributed by atoms with Crippen LogP contribution in [-0.4, -0.2) is 67.6 Å². The maximum absolute atomic E-state index is 12.4. The molecule has 0 aliphatic carbocycles. The molecule has 2 atom stereocenters. The number of hydrogen-bond acceptors (Lipinski definition) is 7. The minimum Gasteiger partial charge on any atom is -1.00 e. The van der Waals surface area contributed by atoms with Crippen molar-refractivity contribution in [2.45, 2.75) is 37.8 Å². The molecule has 14 heteroatoms. The van der Waals surface area contributed by atoms with E-state index >= 15 is 0 Å². The Bertz CT molecular complexity index is 1220. The first-order valence-corrected chi connectivity index (χ1v) is 10.4. The van der Waals surface area contributed by atoms with Crippen molar-refractivity contribution in [3.63, 3.8) is 0 Å². The standard InChI is InChI=1S/C21H22N6O6.2ClH/c22-21-24-14-6-5-13-9-26(10-27(13)17(14)19(31)25-21)12-3-1-11(2-4-12)18(30)23-15(20(32)33)7-8-16(28)29;;/h1-4,10,13,15H,5-9H2,(H5-,22,23,24,25,28,29,30,31,32,33);2*1H. The Hall–Kier alpha value is -3.64. The van der Waals surface area contributed by atoms with Crippen molar-refractivity contribution in [3.8, 4) is 0 Å². The van der Waals surface area contributed by atoms with Gasteiger partial charge < -0.3 is 33.7 Å². The van der Waals surface area contributed by atoms with Gasteiger partial charge in [0.15, 0.2) is 0 Å². The first kappa shape index (κ1) is 27.6. The molecule has 2 aromatic rings. The molecule has 188 valence electrons. The minimum atomic E-state index is -1.30. The fourth-order valence-electron chi connectivity index (χ4n) is 4.10. The molecule has 0 saturated heterocycles. The summed E-state index contributed by atoms with van der Waals surface area (Å²) in [4.78, 5) is 55.6. The molecule has 35 heavy (non-hydrogen) atoms. The molecular formula is C21H24Cl2N6O6. The molecule has 1 amide bonds. The fraction of sp³-hybridized carbons (Fsp3) is 0.333. The van der Waals surface area contributed by atoms with Gasteiger partial charge in [0.1, 0.15) is 24.3 Å². The van der Waals surface area contributed by atoms with Gasteiger partial charge in [0.05, 0.1) is 5.69 Å². The molecule has 4 rings (SSSR count). The molecule has 3 heterocycles. The second-order valence-electron chi connectivity index (χ2n) is 7.96. The number of aryl methyl sites for hydroxylation is 1. The summed E-state index contributed by atoms with van der Waals surface area (Å²) in [6.45, 7) is 0.644. The van der Waals surface area contributed by atoms with Crippen LogP contribution in [-0.2, 0) is 16.0 Å². The second kappa shape index (κ2) is 11.2. The lowest BCUT2D eigenvalue weighted by Crippen LogP contribution is -3.00. The Labute approximate surface area is 211 Å². The highest BCUT2D eigenvalue weighted by Crippen LogP contribution is 2.29. The summed E-state index contributed by atoms with van der Waals surface area (Å²) in [5.41, 5.74) is 7.56. The normalized spacial score (nSPS) is 16.5. The number of nitrogens with two attached hydrogens (primary N) is 1. The van der Waals surface area contributed by atoms with E-state index in [4.69, 9.17) is 10.8 Å². The number of carboxylic acid groups (broad SMARTS) is 2. The van der Waals surface area contributed by atoms with Crippen LogP contribution in [0.15, 0.2) is 29.1 Å². The van der Waals surface area contributed by atoms with Crippen LogP contribution in [0.4, 0.5) is 17.3 Å². The van der Waals surface area contributed by atoms with E-state index in [1.807, 2.05) is 15.8 Å². The summed E-state index contributed by atoms with van der Waals surface area (Å²) in [6, 6.07) is 5.38. The lowest BCUT2D eigenvalue weighted by atomic mass is 10.0. The first-order chi connectivity index (χ1) is 15.7. The summed E-state index contributed by atoms with van der Waals surface area (Å²) in [7, 11) is 0. The van der Waals surface area contributed by atoms with Crippen LogP contribution >= 0.6 is 12.4 Å². The number of aliphatic carboxylic acids is 2. The number of nitrogens with one attached hydrogen (secondary N) is 2. The molecule has 2 unspecified atom stereocenters. The van der Waals surface area contributed by atoms with Crippen LogP contribution in [0.25, 0.3) is 0 Å². The first-order valence-electron chi connectivity index (χ1n) is 10.4. The van der Waals surface area contributed by atoms with Crippen LogP contribution < -0.4 is 33.9 Å². The number of H-pyrrole nitrogens is 1. The second-order valence-corrected chi connectivity index (χ2v) is 7.96. The number of carbonyl (C=O) groups is 3. The molecular weight excluding hydrogens is 503 g/mol. The molecule has 6 N–H and O–H groups in total. The predicted molar refractivity (Wildman–Crippen MR) is 124 cm³/mol. The molecule has 1 aromatic carbocycles. The van der Waals surface area contributed by atoms with E-state index in [1.54, 1.807) is 24.3 Å². The van der Waals surface area contributed by atoms with Gasteiger partial charge >= 0.3 is 11.9 Å². The number of nitrogens with zero attached hydrogens (tertiary/aromatic N) is 3. The van der Waals surface area contributed by atoms with Crippen molar-refractivity contribution < 1.29 is 41.6 Å². The largest absolute Gasteiger partial charge is 1.00 e. The molecule has 0 saturated carbocycles. The smallest absolute Gasteiger partial charge is 0.326 e. The number of amides is 1. The van der Waals surface area contributed by atoms with Gasteiger partial charge in [-0.25, -0.2) is 19.3 Å². The SMILES string of the molecule is Cl.Nc1nc2c(c(=O)[nH]1)[N+]1=CN(c3ccc(C(=O)NC(CCC(=O)O)C(=O)O)cc3)CC1CC2.[Cl-]. The van der Waals surface area contributed by atoms with Crippen LogP contribution in [0.2, 0.25) is 0 Å². The van der Waals surface area contributed by atoms with Gasteiger partial charge in [-0.05, 0) is 43.5 Å². The predicted octanol–water partition coefficient (Wildman–Crippen LogP) is -2.67. The minimum absolute atomic E-state index is 0. The summed E-state index contributed by atoms with van der Waals surface area (Å²) in [5.74, 6) is -2.94. The number of halogens is 2. The summed E-state index contributed by atoms with van der Waals surface area (Å²) < 4.78 is 1.89. The number of carboxylic acids is 2. The molecule has 0 spiro atoms. The number of carbonyl (C=O) groups excluding carboxylic acids is 1. The average molecular weight is 527 g/mol. The number of aromatic nitrogens is 2. The topological polar surface area (TPSA) is 182 Å². The van der Waals surface area contributed by atoms with Crippen molar-refractivity contribution in [2.75, 3.05) is 17.2 Å². The third-order valence-electron chi connectivity index (χ3n) is 5.73. The zero-order valence-electron chi connectivity index (χ0n) is 18.3. The lowest BCUT2D eigenvalue weighted by Gasteiger charge is -2.19. The molecule has 2 aliphatic heterocycles. The van der Waals surface area contributed by atoms with Crippen molar-refractivity contribution in [1.29, 1.82) is 0 Å². The van der Waals surface area contributed by atoms with Gasteiger partial charge in [0.25, 0.3) is 11.5 Å². The molecule has 0 fully saturated rings. The Kier molecular flexibility index (Phi) is 8.83. The Morgan fingerprint density at radius 3 is 2.57 bits per heavy atom. The van der Waals surface area contributed by atoms with Gasteiger partial charge in [-0.2, -0.15) is 0 Å². The van der Waals surface area contributed by atoms with Crippen LogP contribution in [0.3, 0.4) is 0 Å². The Balaban J connectivity index is 0.00000216. The lowest BCUT2D eigenvalue weighted by molar-refractivity contribution is -0.476. The number of anilines is 2. The summed E-state index contributed by atoms with van der Waals surface area (Å²) in [6.07, 6.45) is 2.71. The number of hydrogen-bond donors (Lipinski definition) is 5. The van der Waals surface area contributed by atoms with E-state index in [0.717, 1.165) is 12.1 Å². The van der Waals surface area contributed by atoms with Gasteiger partial charge in [0, 0.05) is 12.0 Å².